The van der Waals surface area contributed by atoms with Crippen LogP contribution in [0.2, 0.25) is 0 Å². The van der Waals surface area contributed by atoms with Crippen molar-refractivity contribution in [2.45, 2.75) is 6.54 Å². The summed E-state index contributed by atoms with van der Waals surface area (Å²) in [6, 6.07) is 8.18. The van der Waals surface area contributed by atoms with Gasteiger partial charge in [0.2, 0.25) is 0 Å². The fourth-order valence-corrected chi connectivity index (χ4v) is 1.73. The van der Waals surface area contributed by atoms with Crippen LogP contribution in [0.4, 0.5) is 0 Å². The highest BCUT2D eigenvalue weighted by atomic mass is 32.1. The van der Waals surface area contributed by atoms with Gasteiger partial charge in [0.1, 0.15) is 0 Å². The molecule has 0 aliphatic rings. The quantitative estimate of drug-likeness (QED) is 0.789. The second-order valence-corrected chi connectivity index (χ2v) is 3.49. The highest BCUT2D eigenvalue weighted by molar-refractivity contribution is 7.07. The minimum absolute atomic E-state index is 0.595. The first kappa shape index (κ1) is 8.41. The van der Waals surface area contributed by atoms with Crippen molar-refractivity contribution >= 4 is 11.3 Å². The van der Waals surface area contributed by atoms with Gasteiger partial charge >= 0.3 is 0 Å². The third-order valence-electron chi connectivity index (χ3n) is 1.92. The highest BCUT2D eigenvalue weighted by Gasteiger charge is 1.98. The van der Waals surface area contributed by atoms with Crippen LogP contribution in [-0.2, 0) is 6.54 Å². The zero-order valence-electron chi connectivity index (χ0n) is 7.10. The molecule has 2 aromatic rings. The SMILES string of the molecule is NCc1ccc(-c2cscn2)cc1. The molecule has 0 saturated carbocycles. The van der Waals surface area contributed by atoms with Crippen LogP contribution >= 0.6 is 11.3 Å². The Morgan fingerprint density at radius 2 is 2.00 bits per heavy atom. The van der Waals surface area contributed by atoms with Crippen molar-refractivity contribution in [3.63, 3.8) is 0 Å². The standard InChI is InChI=1S/C10H10N2S/c11-5-8-1-3-9(4-2-8)10-6-13-7-12-10/h1-4,6-7H,5,11H2. The molecule has 0 unspecified atom stereocenters. The number of nitrogens with zero attached hydrogens (tertiary/aromatic N) is 1. The Labute approximate surface area is 81.1 Å². The smallest absolute Gasteiger partial charge is 0.0811 e. The summed E-state index contributed by atoms with van der Waals surface area (Å²) in [5.74, 6) is 0. The molecule has 0 aliphatic heterocycles. The molecular weight excluding hydrogens is 180 g/mol. The van der Waals surface area contributed by atoms with Gasteiger partial charge in [-0.1, -0.05) is 24.3 Å². The Morgan fingerprint density at radius 3 is 2.54 bits per heavy atom. The fraction of sp³-hybridized carbons (Fsp3) is 0.100. The van der Waals surface area contributed by atoms with Crippen LogP contribution in [0.25, 0.3) is 11.3 Å². The Kier molecular flexibility index (Phi) is 2.38. The third-order valence-corrected chi connectivity index (χ3v) is 2.50. The number of thiazole rings is 1. The summed E-state index contributed by atoms with van der Waals surface area (Å²) < 4.78 is 0. The molecule has 0 bridgehead atoms. The van der Waals surface area contributed by atoms with Crippen molar-refractivity contribution in [3.8, 4) is 11.3 Å². The molecule has 2 N–H and O–H groups in total. The van der Waals surface area contributed by atoms with E-state index < -0.39 is 0 Å². The van der Waals surface area contributed by atoms with E-state index in [1.807, 2.05) is 23.0 Å². The van der Waals surface area contributed by atoms with Crippen LogP contribution in [0.3, 0.4) is 0 Å². The predicted octanol–water partition coefficient (Wildman–Crippen LogP) is 2.27. The summed E-state index contributed by atoms with van der Waals surface area (Å²) in [7, 11) is 0. The van der Waals surface area contributed by atoms with Gasteiger partial charge in [0.15, 0.2) is 0 Å². The Balaban J connectivity index is 2.33. The van der Waals surface area contributed by atoms with Crippen LogP contribution in [0.5, 0.6) is 0 Å². The number of aromatic nitrogens is 1. The van der Waals surface area contributed by atoms with Gasteiger partial charge in [-0.3, -0.25) is 0 Å². The second kappa shape index (κ2) is 3.68. The first-order chi connectivity index (χ1) is 6.40. The summed E-state index contributed by atoms with van der Waals surface area (Å²) in [6.45, 7) is 0.595. The van der Waals surface area contributed by atoms with Crippen molar-refractivity contribution in [2.24, 2.45) is 5.73 Å². The Hall–Kier alpha value is -1.19. The molecule has 1 aromatic heterocycles. The highest BCUT2D eigenvalue weighted by Crippen LogP contribution is 2.18. The number of nitrogens with two attached hydrogens (primary N) is 1. The van der Waals surface area contributed by atoms with Gasteiger partial charge < -0.3 is 5.73 Å². The van der Waals surface area contributed by atoms with Gasteiger partial charge in [-0.15, -0.1) is 11.3 Å². The van der Waals surface area contributed by atoms with Crippen molar-refractivity contribution in [1.82, 2.24) is 4.98 Å². The zero-order valence-corrected chi connectivity index (χ0v) is 7.92. The molecule has 0 aliphatic carbocycles. The molecule has 0 atom stereocenters. The normalized spacial score (nSPS) is 10.2. The molecule has 0 amide bonds. The maximum Gasteiger partial charge on any atom is 0.0811 e. The molecule has 0 saturated heterocycles. The number of rotatable bonds is 2. The van der Waals surface area contributed by atoms with E-state index in [0.29, 0.717) is 6.54 Å². The third kappa shape index (κ3) is 1.76. The molecule has 2 rings (SSSR count). The molecule has 0 fully saturated rings. The lowest BCUT2D eigenvalue weighted by Gasteiger charge is -1.98. The molecular formula is C10H10N2S. The van der Waals surface area contributed by atoms with E-state index in [2.05, 4.69) is 17.1 Å². The maximum absolute atomic E-state index is 5.51. The molecule has 0 radical (unpaired) electrons. The molecule has 13 heavy (non-hydrogen) atoms. The monoisotopic (exact) mass is 190 g/mol. The van der Waals surface area contributed by atoms with Crippen molar-refractivity contribution < 1.29 is 0 Å². The van der Waals surface area contributed by atoms with Crippen LogP contribution < -0.4 is 5.73 Å². The van der Waals surface area contributed by atoms with Crippen LogP contribution in [-0.4, -0.2) is 4.98 Å². The summed E-state index contributed by atoms with van der Waals surface area (Å²) in [4.78, 5) is 4.23. The lowest BCUT2D eigenvalue weighted by molar-refractivity contribution is 1.07. The minimum atomic E-state index is 0.595. The molecule has 66 valence electrons. The lowest BCUT2D eigenvalue weighted by Crippen LogP contribution is -1.95. The van der Waals surface area contributed by atoms with E-state index in [9.17, 15) is 0 Å². The van der Waals surface area contributed by atoms with Crippen molar-refractivity contribution in [1.29, 1.82) is 0 Å². The van der Waals surface area contributed by atoms with Gasteiger partial charge in [-0.25, -0.2) is 4.98 Å². The molecule has 1 heterocycles. The first-order valence-corrected chi connectivity index (χ1v) is 5.02. The number of hydrogen-bond donors (Lipinski definition) is 1. The summed E-state index contributed by atoms with van der Waals surface area (Å²) in [6.07, 6.45) is 0. The fourth-order valence-electron chi connectivity index (χ4n) is 1.17. The summed E-state index contributed by atoms with van der Waals surface area (Å²) >= 11 is 1.61. The Morgan fingerprint density at radius 1 is 1.23 bits per heavy atom. The average molecular weight is 190 g/mol. The van der Waals surface area contributed by atoms with Gasteiger partial charge in [0, 0.05) is 17.5 Å². The predicted molar refractivity (Wildman–Crippen MR) is 55.4 cm³/mol. The summed E-state index contributed by atoms with van der Waals surface area (Å²) in [5, 5.41) is 2.04. The molecule has 3 heteroatoms. The average Bonchev–Trinajstić information content (AvgIpc) is 2.71. The van der Waals surface area contributed by atoms with E-state index in [1.165, 1.54) is 0 Å². The number of benzene rings is 1. The van der Waals surface area contributed by atoms with E-state index in [0.717, 1.165) is 16.8 Å². The van der Waals surface area contributed by atoms with E-state index in [1.54, 1.807) is 11.3 Å². The molecule has 2 nitrogen and oxygen atoms in total. The largest absolute Gasteiger partial charge is 0.326 e. The summed E-state index contributed by atoms with van der Waals surface area (Å²) in [5.41, 5.74) is 10.7. The van der Waals surface area contributed by atoms with Gasteiger partial charge in [0.05, 0.1) is 11.2 Å². The molecule has 1 aromatic carbocycles. The second-order valence-electron chi connectivity index (χ2n) is 2.77. The van der Waals surface area contributed by atoms with Crippen molar-refractivity contribution in [3.05, 3.63) is 40.7 Å². The Bertz CT molecular complexity index is 364. The topological polar surface area (TPSA) is 38.9 Å². The van der Waals surface area contributed by atoms with Gasteiger partial charge in [0.25, 0.3) is 0 Å². The van der Waals surface area contributed by atoms with E-state index >= 15 is 0 Å². The van der Waals surface area contributed by atoms with Crippen LogP contribution in [0, 0.1) is 0 Å². The van der Waals surface area contributed by atoms with Gasteiger partial charge in [-0.2, -0.15) is 0 Å². The minimum Gasteiger partial charge on any atom is -0.326 e. The van der Waals surface area contributed by atoms with Crippen LogP contribution in [0.1, 0.15) is 5.56 Å². The van der Waals surface area contributed by atoms with Crippen LogP contribution in [0.15, 0.2) is 35.2 Å². The maximum atomic E-state index is 5.51. The zero-order chi connectivity index (χ0) is 9.10. The van der Waals surface area contributed by atoms with Gasteiger partial charge in [-0.05, 0) is 5.56 Å². The lowest BCUT2D eigenvalue weighted by atomic mass is 10.1. The van der Waals surface area contributed by atoms with E-state index in [4.69, 9.17) is 5.73 Å². The number of hydrogen-bond acceptors (Lipinski definition) is 3. The molecule has 0 spiro atoms. The first-order valence-electron chi connectivity index (χ1n) is 4.08. The van der Waals surface area contributed by atoms with Crippen molar-refractivity contribution in [2.75, 3.05) is 0 Å². The van der Waals surface area contributed by atoms with E-state index in [-0.39, 0.29) is 0 Å².